The third kappa shape index (κ3) is 4.68. The molecule has 0 saturated carbocycles. The normalized spacial score (nSPS) is 11.1. The summed E-state index contributed by atoms with van der Waals surface area (Å²) >= 11 is 0. The van der Waals surface area contributed by atoms with Crippen LogP contribution in [0.5, 0.6) is 5.75 Å². The minimum atomic E-state index is -1.40. The lowest BCUT2D eigenvalue weighted by atomic mass is 10.1. The highest BCUT2D eigenvalue weighted by molar-refractivity contribution is 6.09. The third-order valence-electron chi connectivity index (χ3n) is 3.12. The van der Waals surface area contributed by atoms with Gasteiger partial charge in [-0.05, 0) is 36.8 Å². The molecule has 0 heterocycles. The van der Waals surface area contributed by atoms with Crippen molar-refractivity contribution >= 4 is 17.4 Å². The molecule has 0 radical (unpaired) electrons. The van der Waals surface area contributed by atoms with Crippen LogP contribution < -0.4 is 10.1 Å². The molecule has 0 fully saturated rings. The minimum absolute atomic E-state index is 0.330. The molecule has 0 saturated heterocycles. The first-order valence-corrected chi connectivity index (χ1v) is 7.08. The lowest BCUT2D eigenvalue weighted by molar-refractivity contribution is -0.130. The van der Waals surface area contributed by atoms with E-state index in [-0.39, 0.29) is 6.61 Å². The number of carbonyl (C=O) groups excluding carboxylic acids is 2. The van der Waals surface area contributed by atoms with Gasteiger partial charge in [0.1, 0.15) is 12.4 Å². The second kappa shape index (κ2) is 7.76. The molecule has 0 spiro atoms. The number of anilines is 1. The number of ether oxygens (including phenoxy) is 1. The van der Waals surface area contributed by atoms with Crippen LogP contribution in [0.25, 0.3) is 0 Å². The summed E-state index contributed by atoms with van der Waals surface area (Å²) in [6, 6.07) is 17.6. The van der Waals surface area contributed by atoms with Gasteiger partial charge in [-0.2, -0.15) is 5.26 Å². The number of nitriles is 1. The zero-order valence-corrected chi connectivity index (χ0v) is 12.7. The van der Waals surface area contributed by atoms with E-state index in [2.05, 4.69) is 5.32 Å². The van der Waals surface area contributed by atoms with Crippen molar-refractivity contribution < 1.29 is 14.3 Å². The van der Waals surface area contributed by atoms with E-state index < -0.39 is 17.6 Å². The molecule has 2 rings (SSSR count). The van der Waals surface area contributed by atoms with Gasteiger partial charge in [-0.1, -0.05) is 30.3 Å². The van der Waals surface area contributed by atoms with Crippen LogP contribution in [-0.4, -0.2) is 18.3 Å². The fourth-order valence-corrected chi connectivity index (χ4v) is 1.97. The van der Waals surface area contributed by atoms with Gasteiger partial charge in [0.25, 0.3) is 0 Å². The SMILES string of the molecule is Cc1cccc(NC(=O)[C@H](C#N)C(=O)COc2ccccc2)c1. The van der Waals surface area contributed by atoms with Crippen LogP contribution >= 0.6 is 0 Å². The largest absolute Gasteiger partial charge is 0.486 e. The number of hydrogen-bond acceptors (Lipinski definition) is 4. The van der Waals surface area contributed by atoms with Gasteiger partial charge in [-0.3, -0.25) is 9.59 Å². The summed E-state index contributed by atoms with van der Waals surface area (Å²) in [6.07, 6.45) is 0. The number of rotatable bonds is 6. The Labute approximate surface area is 134 Å². The van der Waals surface area contributed by atoms with Crippen LogP contribution in [0.4, 0.5) is 5.69 Å². The Balaban J connectivity index is 1.96. The number of nitrogens with zero attached hydrogens (tertiary/aromatic N) is 1. The summed E-state index contributed by atoms with van der Waals surface area (Å²) in [4.78, 5) is 24.1. The maximum atomic E-state index is 12.1. The molecule has 5 heteroatoms. The molecule has 0 aliphatic heterocycles. The molecule has 1 amide bonds. The number of nitrogens with one attached hydrogen (secondary N) is 1. The van der Waals surface area contributed by atoms with Crippen molar-refractivity contribution in [3.63, 3.8) is 0 Å². The molecule has 0 unspecified atom stereocenters. The third-order valence-corrected chi connectivity index (χ3v) is 3.12. The van der Waals surface area contributed by atoms with Gasteiger partial charge in [0.05, 0.1) is 6.07 Å². The highest BCUT2D eigenvalue weighted by Crippen LogP contribution is 2.13. The second-order valence-corrected chi connectivity index (χ2v) is 4.99. The van der Waals surface area contributed by atoms with Crippen LogP contribution in [0, 0.1) is 24.2 Å². The van der Waals surface area contributed by atoms with Gasteiger partial charge >= 0.3 is 0 Å². The van der Waals surface area contributed by atoms with E-state index in [1.54, 1.807) is 48.5 Å². The van der Waals surface area contributed by atoms with Crippen LogP contribution in [-0.2, 0) is 9.59 Å². The van der Waals surface area contributed by atoms with E-state index in [0.717, 1.165) is 5.56 Å². The van der Waals surface area contributed by atoms with E-state index in [9.17, 15) is 9.59 Å². The van der Waals surface area contributed by atoms with Crippen molar-refractivity contribution in [2.45, 2.75) is 6.92 Å². The highest BCUT2D eigenvalue weighted by atomic mass is 16.5. The standard InChI is InChI=1S/C18H16N2O3/c1-13-6-5-7-14(10-13)20-18(22)16(11-19)17(21)12-23-15-8-3-2-4-9-15/h2-10,16H,12H2,1H3,(H,20,22)/t16-/m1/s1. The van der Waals surface area contributed by atoms with E-state index in [4.69, 9.17) is 10.00 Å². The molecule has 0 aliphatic rings. The first-order valence-electron chi connectivity index (χ1n) is 7.08. The van der Waals surface area contributed by atoms with Gasteiger partial charge in [0, 0.05) is 5.69 Å². The van der Waals surface area contributed by atoms with Crippen molar-refractivity contribution in [2.75, 3.05) is 11.9 Å². The topological polar surface area (TPSA) is 79.2 Å². The van der Waals surface area contributed by atoms with Crippen LogP contribution in [0.2, 0.25) is 0 Å². The molecular formula is C18H16N2O3. The van der Waals surface area contributed by atoms with Crippen molar-refractivity contribution in [2.24, 2.45) is 5.92 Å². The Morgan fingerprint density at radius 1 is 1.17 bits per heavy atom. The predicted molar refractivity (Wildman–Crippen MR) is 85.9 cm³/mol. The molecular weight excluding hydrogens is 292 g/mol. The van der Waals surface area contributed by atoms with Gasteiger partial charge in [0.2, 0.25) is 5.91 Å². The number of benzene rings is 2. The molecule has 5 nitrogen and oxygen atoms in total. The fraction of sp³-hybridized carbons (Fsp3) is 0.167. The van der Waals surface area contributed by atoms with Crippen molar-refractivity contribution in [1.82, 2.24) is 0 Å². The second-order valence-electron chi connectivity index (χ2n) is 4.99. The van der Waals surface area contributed by atoms with Gasteiger partial charge in [-0.25, -0.2) is 0 Å². The zero-order valence-electron chi connectivity index (χ0n) is 12.7. The number of Topliss-reactive ketones (excluding diaryl/α,β-unsaturated/α-hetero) is 1. The Bertz CT molecular complexity index is 735. The van der Waals surface area contributed by atoms with Crippen LogP contribution in [0.15, 0.2) is 54.6 Å². The molecule has 1 atom stereocenters. The summed E-state index contributed by atoms with van der Waals surface area (Å²) in [5.41, 5.74) is 1.52. The predicted octanol–water partition coefficient (Wildman–Crippen LogP) is 2.72. The van der Waals surface area contributed by atoms with Crippen molar-refractivity contribution in [3.05, 3.63) is 60.2 Å². The maximum absolute atomic E-state index is 12.1. The smallest absolute Gasteiger partial charge is 0.249 e. The Kier molecular flexibility index (Phi) is 5.48. The molecule has 23 heavy (non-hydrogen) atoms. The molecule has 2 aromatic carbocycles. The average molecular weight is 308 g/mol. The first-order chi connectivity index (χ1) is 11.1. The number of carbonyl (C=O) groups is 2. The average Bonchev–Trinajstić information content (AvgIpc) is 2.54. The summed E-state index contributed by atoms with van der Waals surface area (Å²) < 4.78 is 5.29. The highest BCUT2D eigenvalue weighted by Gasteiger charge is 2.26. The molecule has 0 bridgehead atoms. The lowest BCUT2D eigenvalue weighted by Crippen LogP contribution is -2.31. The Morgan fingerprint density at radius 2 is 1.91 bits per heavy atom. The van der Waals surface area contributed by atoms with E-state index in [0.29, 0.717) is 11.4 Å². The Morgan fingerprint density at radius 3 is 2.57 bits per heavy atom. The number of hydrogen-bond donors (Lipinski definition) is 1. The first kappa shape index (κ1) is 16.2. The van der Waals surface area contributed by atoms with E-state index >= 15 is 0 Å². The number of amides is 1. The molecule has 2 aromatic rings. The summed E-state index contributed by atoms with van der Waals surface area (Å²) in [7, 11) is 0. The van der Waals surface area contributed by atoms with Crippen LogP contribution in [0.1, 0.15) is 5.56 Å². The number of para-hydroxylation sites is 1. The van der Waals surface area contributed by atoms with Gasteiger partial charge < -0.3 is 10.1 Å². The van der Waals surface area contributed by atoms with E-state index in [1.165, 1.54) is 0 Å². The summed E-state index contributed by atoms with van der Waals surface area (Å²) in [5.74, 6) is -2.13. The summed E-state index contributed by atoms with van der Waals surface area (Å²) in [6.45, 7) is 1.56. The summed E-state index contributed by atoms with van der Waals surface area (Å²) in [5, 5.41) is 11.7. The number of ketones is 1. The van der Waals surface area contributed by atoms with Crippen molar-refractivity contribution in [1.29, 1.82) is 5.26 Å². The maximum Gasteiger partial charge on any atom is 0.249 e. The lowest BCUT2D eigenvalue weighted by Gasteiger charge is -2.11. The van der Waals surface area contributed by atoms with Gasteiger partial charge in [0.15, 0.2) is 11.7 Å². The van der Waals surface area contributed by atoms with E-state index in [1.807, 2.05) is 19.1 Å². The zero-order chi connectivity index (χ0) is 16.7. The van der Waals surface area contributed by atoms with Crippen molar-refractivity contribution in [3.8, 4) is 11.8 Å². The van der Waals surface area contributed by atoms with Gasteiger partial charge in [-0.15, -0.1) is 0 Å². The molecule has 0 aromatic heterocycles. The van der Waals surface area contributed by atoms with Crippen LogP contribution in [0.3, 0.4) is 0 Å². The Hall–Kier alpha value is -3.13. The number of aryl methyl sites for hydroxylation is 1. The molecule has 116 valence electrons. The molecule has 0 aliphatic carbocycles. The monoisotopic (exact) mass is 308 g/mol. The fourth-order valence-electron chi connectivity index (χ4n) is 1.97. The molecule has 1 N–H and O–H groups in total. The minimum Gasteiger partial charge on any atom is -0.486 e. The quantitative estimate of drug-likeness (QED) is 0.832.